The van der Waals surface area contributed by atoms with E-state index >= 15 is 0 Å². The van der Waals surface area contributed by atoms with Gasteiger partial charge in [0.2, 0.25) is 5.91 Å². The minimum absolute atomic E-state index is 0.0472. The molecule has 5 heterocycles. The molecule has 8 fully saturated rings. The van der Waals surface area contributed by atoms with E-state index in [0.29, 0.717) is 55.4 Å². The lowest BCUT2D eigenvalue weighted by molar-refractivity contribution is -0.174. The molecule has 3 aliphatic carbocycles. The molecule has 12 atom stereocenters. The van der Waals surface area contributed by atoms with E-state index in [0.717, 1.165) is 77.5 Å². The van der Waals surface area contributed by atoms with E-state index in [1.165, 1.54) is 6.42 Å². The van der Waals surface area contributed by atoms with E-state index in [9.17, 15) is 9.90 Å². The van der Waals surface area contributed by atoms with Crippen LogP contribution in [-0.2, 0) is 28.5 Å². The summed E-state index contributed by atoms with van der Waals surface area (Å²) in [7, 11) is 4.16. The Balaban J connectivity index is 1.03. The van der Waals surface area contributed by atoms with E-state index in [4.69, 9.17) is 23.7 Å². The topological polar surface area (TPSA) is 93.2 Å². The third-order valence-corrected chi connectivity index (χ3v) is 13.1. The van der Waals surface area contributed by atoms with Crippen LogP contribution < -0.4 is 0 Å². The number of nitrogens with zero attached hydrogens (tertiary/aromatic N) is 3. The number of carbonyl (C=O) groups excluding carboxylic acids is 1. The number of amides is 1. The number of methoxy groups -OCH3 is 1. The average Bonchev–Trinajstić information content (AvgIpc) is 3.73. The zero-order valence-corrected chi connectivity index (χ0v) is 25.5. The van der Waals surface area contributed by atoms with Crippen LogP contribution in [0, 0.1) is 29.1 Å². The van der Waals surface area contributed by atoms with Crippen LogP contribution in [0.1, 0.15) is 57.8 Å². The Morgan fingerprint density at radius 1 is 0.881 bits per heavy atom. The van der Waals surface area contributed by atoms with Crippen LogP contribution in [0.15, 0.2) is 0 Å². The third kappa shape index (κ3) is 4.61. The number of aliphatic hydroxyl groups is 1. The molecule has 8 rings (SSSR count). The number of piperidine rings is 1. The minimum Gasteiger partial charge on any atom is -0.395 e. The largest absolute Gasteiger partial charge is 0.395 e. The van der Waals surface area contributed by atoms with Crippen LogP contribution >= 0.6 is 0 Å². The van der Waals surface area contributed by atoms with Crippen LogP contribution in [0.2, 0.25) is 0 Å². The van der Waals surface area contributed by atoms with Crippen LogP contribution in [0.4, 0.5) is 0 Å². The van der Waals surface area contributed by atoms with Crippen LogP contribution in [-0.4, -0.2) is 135 Å². The highest BCUT2D eigenvalue weighted by atomic mass is 16.7. The Morgan fingerprint density at radius 3 is 2.33 bits per heavy atom. The molecule has 5 saturated heterocycles. The summed E-state index contributed by atoms with van der Waals surface area (Å²) in [4.78, 5) is 21.3. The lowest BCUT2D eigenvalue weighted by Gasteiger charge is -2.63. The van der Waals surface area contributed by atoms with Crippen molar-refractivity contribution < 1.29 is 33.6 Å². The van der Waals surface area contributed by atoms with Crippen molar-refractivity contribution in [3.8, 4) is 0 Å². The molecule has 42 heavy (non-hydrogen) atoms. The second-order valence-electron chi connectivity index (χ2n) is 15.1. The maximum Gasteiger partial charge on any atom is 0.225 e. The first kappa shape index (κ1) is 28.6. The number of aliphatic hydroxyl groups excluding tert-OH is 1. The maximum absolute atomic E-state index is 13.9. The van der Waals surface area contributed by atoms with Gasteiger partial charge in [0.25, 0.3) is 0 Å². The van der Waals surface area contributed by atoms with Gasteiger partial charge in [0.05, 0.1) is 37.1 Å². The highest BCUT2D eigenvalue weighted by Gasteiger charge is 2.66. The summed E-state index contributed by atoms with van der Waals surface area (Å²) in [5.74, 6) is 2.01. The van der Waals surface area contributed by atoms with E-state index in [-0.39, 0.29) is 48.4 Å². The zero-order valence-electron chi connectivity index (χ0n) is 25.5. The Kier molecular flexibility index (Phi) is 7.62. The SMILES string of the molecule is COC1CCC2C(C1)N(C)C1C2C2(CN(C(=O)C3CCC4OCOC4C3)C2)CN(CC2CCC3OCOC3C2)[C@H]1CO. The Bertz CT molecular complexity index is 1010. The molecule has 0 aromatic carbocycles. The molecule has 0 aromatic rings. The molecule has 3 saturated carbocycles. The fraction of sp³-hybridized carbons (Fsp3) is 0.969. The number of carbonyl (C=O) groups is 1. The van der Waals surface area contributed by atoms with Gasteiger partial charge in [0.1, 0.15) is 13.6 Å². The standard InChI is InChI=1S/C32H51N3O7/c1-33-23-11-21(38-2)5-6-22(23)29-30(33)24(13-36)34(12-19-3-7-25-27(9-19)41-17-39-25)14-32(29)15-35(16-32)31(37)20-4-8-26-28(10-20)42-18-40-26/h19-30,36H,3-18H2,1-2H3/t19?,20?,21?,22?,23?,24-,25?,26?,27?,28?,29?,30?/m0/s1. The molecule has 0 aromatic heterocycles. The van der Waals surface area contributed by atoms with Crippen molar-refractivity contribution >= 4 is 5.91 Å². The number of fused-ring (bicyclic) bond motifs is 6. The molecule has 5 aliphatic heterocycles. The van der Waals surface area contributed by atoms with Crippen molar-refractivity contribution in [1.82, 2.24) is 14.7 Å². The normalized spacial score (nSPS) is 48.4. The summed E-state index contributed by atoms with van der Waals surface area (Å²) in [5.41, 5.74) is 0.0773. The summed E-state index contributed by atoms with van der Waals surface area (Å²) in [6.45, 7) is 4.64. The highest BCUT2D eigenvalue weighted by molar-refractivity contribution is 5.80. The van der Waals surface area contributed by atoms with Gasteiger partial charge in [-0.3, -0.25) is 14.6 Å². The van der Waals surface area contributed by atoms with Crippen molar-refractivity contribution in [2.24, 2.45) is 29.1 Å². The first-order valence-electron chi connectivity index (χ1n) is 16.8. The van der Waals surface area contributed by atoms with Crippen LogP contribution in [0.3, 0.4) is 0 Å². The molecule has 11 unspecified atom stereocenters. The first-order valence-corrected chi connectivity index (χ1v) is 16.8. The predicted molar refractivity (Wildman–Crippen MR) is 152 cm³/mol. The number of likely N-dealkylation sites (tertiary alicyclic amines) is 3. The molecular formula is C32H51N3O7. The number of hydrogen-bond acceptors (Lipinski definition) is 9. The summed E-state index contributed by atoms with van der Waals surface area (Å²) in [5, 5.41) is 11.0. The maximum atomic E-state index is 13.9. The second kappa shape index (κ2) is 11.2. The quantitative estimate of drug-likeness (QED) is 0.514. The molecule has 0 radical (unpaired) electrons. The van der Waals surface area contributed by atoms with E-state index < -0.39 is 0 Å². The van der Waals surface area contributed by atoms with Gasteiger partial charge in [0, 0.05) is 62.7 Å². The molecule has 1 N–H and O–H groups in total. The zero-order chi connectivity index (χ0) is 28.6. The number of hydrogen-bond donors (Lipinski definition) is 1. The fourth-order valence-electron chi connectivity index (χ4n) is 11.2. The van der Waals surface area contributed by atoms with E-state index in [1.54, 1.807) is 0 Å². The lowest BCUT2D eigenvalue weighted by atomic mass is 9.57. The molecule has 236 valence electrons. The highest BCUT2D eigenvalue weighted by Crippen LogP contribution is 2.58. The van der Waals surface area contributed by atoms with Gasteiger partial charge in [-0.25, -0.2) is 0 Å². The van der Waals surface area contributed by atoms with Gasteiger partial charge < -0.3 is 33.7 Å². The first-order chi connectivity index (χ1) is 20.5. The molecular weight excluding hydrogens is 538 g/mol. The smallest absolute Gasteiger partial charge is 0.225 e. The van der Waals surface area contributed by atoms with Gasteiger partial charge >= 0.3 is 0 Å². The Labute approximate surface area is 250 Å². The molecule has 1 amide bonds. The monoisotopic (exact) mass is 589 g/mol. The van der Waals surface area contributed by atoms with Crippen molar-refractivity contribution in [3.63, 3.8) is 0 Å². The Morgan fingerprint density at radius 2 is 1.60 bits per heavy atom. The van der Waals surface area contributed by atoms with Crippen molar-refractivity contribution in [2.75, 3.05) is 60.5 Å². The summed E-state index contributed by atoms with van der Waals surface area (Å²) < 4.78 is 29.1. The average molecular weight is 590 g/mol. The van der Waals surface area contributed by atoms with Crippen molar-refractivity contribution in [1.29, 1.82) is 0 Å². The molecule has 10 nitrogen and oxygen atoms in total. The van der Waals surface area contributed by atoms with Gasteiger partial charge in [-0.2, -0.15) is 0 Å². The fourth-order valence-corrected chi connectivity index (χ4v) is 11.2. The van der Waals surface area contributed by atoms with Gasteiger partial charge in [-0.05, 0) is 82.6 Å². The third-order valence-electron chi connectivity index (χ3n) is 13.1. The van der Waals surface area contributed by atoms with Gasteiger partial charge in [-0.15, -0.1) is 0 Å². The van der Waals surface area contributed by atoms with E-state index in [2.05, 4.69) is 21.7 Å². The van der Waals surface area contributed by atoms with Crippen molar-refractivity contribution in [2.45, 2.75) is 106 Å². The Hall–Kier alpha value is -0.850. The molecule has 10 heteroatoms. The summed E-state index contributed by atoms with van der Waals surface area (Å²) in [6.07, 6.45) is 10.2. The second-order valence-corrected chi connectivity index (χ2v) is 15.1. The lowest BCUT2D eigenvalue weighted by Crippen LogP contribution is -2.74. The molecule has 0 bridgehead atoms. The minimum atomic E-state index is 0.0472. The van der Waals surface area contributed by atoms with Gasteiger partial charge in [0.15, 0.2) is 0 Å². The van der Waals surface area contributed by atoms with Crippen LogP contribution in [0.5, 0.6) is 0 Å². The van der Waals surface area contributed by atoms with Gasteiger partial charge in [-0.1, -0.05) is 0 Å². The van der Waals surface area contributed by atoms with E-state index in [1.807, 2.05) is 7.11 Å². The molecule has 8 aliphatic rings. The number of ether oxygens (including phenoxy) is 5. The summed E-state index contributed by atoms with van der Waals surface area (Å²) >= 11 is 0. The number of rotatable bonds is 5. The summed E-state index contributed by atoms with van der Waals surface area (Å²) in [6, 6.07) is 0.896. The van der Waals surface area contributed by atoms with Crippen LogP contribution in [0.25, 0.3) is 0 Å². The molecule has 1 spiro atoms. The predicted octanol–water partition coefficient (Wildman–Crippen LogP) is 1.69. The van der Waals surface area contributed by atoms with Crippen molar-refractivity contribution in [3.05, 3.63) is 0 Å². The number of likely N-dealkylation sites (N-methyl/N-ethyl adjacent to an activating group) is 1.